The highest BCUT2D eigenvalue weighted by Gasteiger charge is 2.46. The molecule has 0 aliphatic carbocycles. The molecule has 0 radical (unpaired) electrons. The second-order valence-electron chi connectivity index (χ2n) is 7.25. The third-order valence-electron chi connectivity index (χ3n) is 5.35. The molecular formula is C24H19Cl2NO5S. The molecule has 9 heteroatoms. The lowest BCUT2D eigenvalue weighted by molar-refractivity contribution is -0.140. The van der Waals surface area contributed by atoms with Gasteiger partial charge in [0, 0.05) is 9.90 Å². The summed E-state index contributed by atoms with van der Waals surface area (Å²) in [5, 5.41) is 13.6. The lowest BCUT2D eigenvalue weighted by Gasteiger charge is -2.25. The molecule has 0 bridgehead atoms. The molecule has 1 aromatic heterocycles. The first-order valence-electron chi connectivity index (χ1n) is 9.83. The highest BCUT2D eigenvalue weighted by molar-refractivity contribution is 7.09. The van der Waals surface area contributed by atoms with Crippen LogP contribution in [0.4, 0.5) is 0 Å². The molecule has 33 heavy (non-hydrogen) atoms. The van der Waals surface area contributed by atoms with Gasteiger partial charge in [-0.3, -0.25) is 9.59 Å². The summed E-state index contributed by atoms with van der Waals surface area (Å²) < 4.78 is 10.6. The van der Waals surface area contributed by atoms with Gasteiger partial charge >= 0.3 is 0 Å². The van der Waals surface area contributed by atoms with E-state index in [-0.39, 0.29) is 33.5 Å². The number of thiophene rings is 1. The molecule has 1 amide bonds. The number of nitrogens with zero attached hydrogens (tertiary/aromatic N) is 1. The second-order valence-corrected chi connectivity index (χ2v) is 9.12. The summed E-state index contributed by atoms with van der Waals surface area (Å²) in [6.45, 7) is 0.211. The molecule has 6 nitrogen and oxygen atoms in total. The number of aliphatic hydroxyl groups excluding tert-OH is 1. The largest absolute Gasteiger partial charge is 0.507 e. The Morgan fingerprint density at radius 2 is 1.82 bits per heavy atom. The van der Waals surface area contributed by atoms with Crippen LogP contribution in [0.3, 0.4) is 0 Å². The number of hydrogen-bond donors (Lipinski definition) is 1. The Hall–Kier alpha value is -3.00. The summed E-state index contributed by atoms with van der Waals surface area (Å²) in [6, 6.07) is 12.8. The van der Waals surface area contributed by atoms with Crippen LogP contribution in [0.25, 0.3) is 5.76 Å². The van der Waals surface area contributed by atoms with Crippen molar-refractivity contribution in [2.45, 2.75) is 12.6 Å². The van der Waals surface area contributed by atoms with Crippen molar-refractivity contribution < 1.29 is 24.2 Å². The maximum absolute atomic E-state index is 13.2. The molecule has 170 valence electrons. The highest BCUT2D eigenvalue weighted by atomic mass is 35.5. The number of hydrogen-bond acceptors (Lipinski definition) is 6. The molecule has 1 atom stereocenters. The predicted molar refractivity (Wildman–Crippen MR) is 128 cm³/mol. The number of Topliss-reactive ketones (excluding diaryl/α,β-unsaturated/α-hetero) is 1. The topological polar surface area (TPSA) is 76.1 Å². The van der Waals surface area contributed by atoms with Gasteiger partial charge in [0.2, 0.25) is 0 Å². The first kappa shape index (κ1) is 23.2. The fourth-order valence-corrected chi connectivity index (χ4v) is 5.11. The van der Waals surface area contributed by atoms with Crippen molar-refractivity contribution in [1.82, 2.24) is 4.90 Å². The Kier molecular flexibility index (Phi) is 6.65. The molecule has 0 saturated carbocycles. The van der Waals surface area contributed by atoms with E-state index in [1.54, 1.807) is 31.4 Å². The molecule has 3 aromatic rings. The van der Waals surface area contributed by atoms with Crippen LogP contribution in [-0.4, -0.2) is 35.9 Å². The van der Waals surface area contributed by atoms with E-state index in [1.807, 2.05) is 17.5 Å². The van der Waals surface area contributed by atoms with Gasteiger partial charge in [0.15, 0.2) is 0 Å². The highest BCUT2D eigenvalue weighted by Crippen LogP contribution is 2.44. The number of ether oxygens (including phenoxy) is 2. The summed E-state index contributed by atoms with van der Waals surface area (Å²) in [7, 11) is 2.94. The first-order chi connectivity index (χ1) is 15.8. The van der Waals surface area contributed by atoms with Crippen molar-refractivity contribution in [3.63, 3.8) is 0 Å². The van der Waals surface area contributed by atoms with Crippen molar-refractivity contribution in [3.05, 3.63) is 85.5 Å². The Labute approximate surface area is 204 Å². The van der Waals surface area contributed by atoms with Crippen molar-refractivity contribution in [3.8, 4) is 11.5 Å². The number of halogens is 2. The third-order valence-corrected chi connectivity index (χ3v) is 6.71. The van der Waals surface area contributed by atoms with Crippen LogP contribution in [0.2, 0.25) is 10.0 Å². The fourth-order valence-electron chi connectivity index (χ4n) is 3.84. The van der Waals surface area contributed by atoms with Crippen LogP contribution in [0, 0.1) is 0 Å². The van der Waals surface area contributed by atoms with Crippen LogP contribution in [0.15, 0.2) is 59.5 Å². The average molecular weight is 504 g/mol. The predicted octanol–water partition coefficient (Wildman–Crippen LogP) is 5.69. The minimum atomic E-state index is -0.833. The van der Waals surface area contributed by atoms with Gasteiger partial charge in [0.05, 0.1) is 43.0 Å². The van der Waals surface area contributed by atoms with E-state index in [0.29, 0.717) is 11.3 Å². The van der Waals surface area contributed by atoms with E-state index in [0.717, 1.165) is 4.88 Å². The van der Waals surface area contributed by atoms with Crippen molar-refractivity contribution in [1.29, 1.82) is 0 Å². The minimum absolute atomic E-state index is 0.0710. The van der Waals surface area contributed by atoms with Gasteiger partial charge in [-0.1, -0.05) is 41.4 Å². The molecule has 1 unspecified atom stereocenters. The van der Waals surface area contributed by atoms with E-state index in [4.69, 9.17) is 32.7 Å². The van der Waals surface area contributed by atoms with E-state index < -0.39 is 23.5 Å². The monoisotopic (exact) mass is 503 g/mol. The summed E-state index contributed by atoms with van der Waals surface area (Å²) in [5.74, 6) is -1.15. The van der Waals surface area contributed by atoms with Crippen LogP contribution < -0.4 is 9.47 Å². The number of ketones is 1. The third kappa shape index (κ3) is 4.31. The summed E-state index contributed by atoms with van der Waals surface area (Å²) in [5.41, 5.74) is 0.696. The van der Waals surface area contributed by atoms with Crippen LogP contribution >= 0.6 is 34.5 Å². The van der Waals surface area contributed by atoms with Gasteiger partial charge in [-0.2, -0.15) is 0 Å². The smallest absolute Gasteiger partial charge is 0.295 e. The standard InChI is InChI=1S/C24H19Cl2NO5S/c1-31-15-7-5-13(6-8-15)20-19(21(28)17-10-14(25)11-18(26)23(17)32-2)22(29)24(30)27(20)12-16-4-3-9-33-16/h3-11,20,28H,12H2,1-2H3/b21-19+. The molecule has 2 heterocycles. The molecule has 0 spiro atoms. The quantitative estimate of drug-likeness (QED) is 0.265. The fraction of sp³-hybridized carbons (Fsp3) is 0.167. The summed E-state index contributed by atoms with van der Waals surface area (Å²) >= 11 is 13.9. The van der Waals surface area contributed by atoms with Crippen molar-refractivity contribution in [2.75, 3.05) is 14.2 Å². The van der Waals surface area contributed by atoms with Crippen LogP contribution in [0.1, 0.15) is 22.0 Å². The maximum Gasteiger partial charge on any atom is 0.295 e. The minimum Gasteiger partial charge on any atom is -0.507 e. The van der Waals surface area contributed by atoms with E-state index in [1.165, 1.54) is 35.5 Å². The van der Waals surface area contributed by atoms with Gasteiger partial charge in [-0.15, -0.1) is 11.3 Å². The molecule has 1 fully saturated rings. The molecular weight excluding hydrogens is 485 g/mol. The zero-order chi connectivity index (χ0) is 23.7. The Morgan fingerprint density at radius 3 is 2.42 bits per heavy atom. The molecule has 1 aliphatic heterocycles. The van der Waals surface area contributed by atoms with E-state index in [2.05, 4.69) is 0 Å². The zero-order valence-electron chi connectivity index (χ0n) is 17.7. The Morgan fingerprint density at radius 1 is 1.09 bits per heavy atom. The molecule has 4 rings (SSSR count). The number of likely N-dealkylation sites (tertiary alicyclic amines) is 1. The van der Waals surface area contributed by atoms with E-state index in [9.17, 15) is 14.7 Å². The van der Waals surface area contributed by atoms with Gasteiger partial charge < -0.3 is 19.5 Å². The van der Waals surface area contributed by atoms with Gasteiger partial charge in [-0.25, -0.2) is 0 Å². The van der Waals surface area contributed by atoms with E-state index >= 15 is 0 Å². The number of rotatable bonds is 6. The molecule has 1 N–H and O–H groups in total. The van der Waals surface area contributed by atoms with Crippen molar-refractivity contribution >= 4 is 52.0 Å². The lowest BCUT2D eigenvalue weighted by atomic mass is 9.95. The number of carbonyl (C=O) groups excluding carboxylic acids is 2. The van der Waals surface area contributed by atoms with Gasteiger partial charge in [-0.05, 0) is 41.3 Å². The lowest BCUT2D eigenvalue weighted by Crippen LogP contribution is -2.28. The Balaban J connectivity index is 1.92. The molecule has 1 aliphatic rings. The normalized spacial score (nSPS) is 17.5. The van der Waals surface area contributed by atoms with Crippen LogP contribution in [-0.2, 0) is 16.1 Å². The van der Waals surface area contributed by atoms with Crippen molar-refractivity contribution in [2.24, 2.45) is 0 Å². The van der Waals surface area contributed by atoms with Crippen LogP contribution in [0.5, 0.6) is 11.5 Å². The summed E-state index contributed by atoms with van der Waals surface area (Å²) in [4.78, 5) is 28.6. The number of carbonyl (C=O) groups is 2. The first-order valence-corrected chi connectivity index (χ1v) is 11.5. The SMILES string of the molecule is COc1ccc(C2/C(=C(\O)c3cc(Cl)cc(Cl)c3OC)C(=O)C(=O)N2Cc2cccs2)cc1. The number of benzene rings is 2. The van der Waals surface area contributed by atoms with Gasteiger partial charge in [0.25, 0.3) is 11.7 Å². The summed E-state index contributed by atoms with van der Waals surface area (Å²) in [6.07, 6.45) is 0. The number of aliphatic hydroxyl groups is 1. The Bertz CT molecular complexity index is 1240. The maximum atomic E-state index is 13.2. The average Bonchev–Trinajstić information content (AvgIpc) is 3.40. The molecule has 2 aromatic carbocycles. The number of amides is 1. The van der Waals surface area contributed by atoms with Gasteiger partial charge in [0.1, 0.15) is 17.3 Å². The second kappa shape index (κ2) is 9.47. The number of methoxy groups -OCH3 is 2. The zero-order valence-corrected chi connectivity index (χ0v) is 20.0. The molecule has 1 saturated heterocycles.